The molecule has 1 aliphatic rings. The van der Waals surface area contributed by atoms with E-state index < -0.39 is 18.7 Å². The minimum atomic E-state index is -4.16. The number of furan rings is 1. The second kappa shape index (κ2) is 7.41. The van der Waals surface area contributed by atoms with E-state index in [4.69, 9.17) is 13.9 Å². The molecule has 8 heteroatoms. The molecule has 3 rings (SSSR count). The van der Waals surface area contributed by atoms with E-state index in [-0.39, 0.29) is 12.5 Å². The number of allylic oxidation sites excluding steroid dienone is 1. The quantitative estimate of drug-likeness (QED) is 0.737. The lowest BCUT2D eigenvalue weighted by Gasteiger charge is -2.10. The zero-order chi connectivity index (χ0) is 18.7. The van der Waals surface area contributed by atoms with Gasteiger partial charge in [0.15, 0.2) is 0 Å². The van der Waals surface area contributed by atoms with E-state index in [1.54, 1.807) is 24.3 Å². The van der Waals surface area contributed by atoms with Crippen LogP contribution in [0.15, 0.2) is 35.0 Å². The average Bonchev–Trinajstić information content (AvgIpc) is 3.14. The second-order valence-electron chi connectivity index (χ2n) is 6.00. The van der Waals surface area contributed by atoms with Crippen LogP contribution in [-0.4, -0.2) is 38.6 Å². The van der Waals surface area contributed by atoms with Gasteiger partial charge in [-0.05, 0) is 24.1 Å². The number of cyclic esters (lactones) is 1. The van der Waals surface area contributed by atoms with Gasteiger partial charge in [0, 0.05) is 18.9 Å². The molecule has 1 aromatic carbocycles. The van der Waals surface area contributed by atoms with Crippen LogP contribution in [0.2, 0.25) is 0 Å². The smallest absolute Gasteiger partial charge is 0.414 e. The maximum atomic E-state index is 12.1. The summed E-state index contributed by atoms with van der Waals surface area (Å²) in [5.41, 5.74) is 1.86. The van der Waals surface area contributed by atoms with E-state index in [0.29, 0.717) is 24.4 Å². The van der Waals surface area contributed by atoms with Gasteiger partial charge >= 0.3 is 12.3 Å². The van der Waals surface area contributed by atoms with Gasteiger partial charge in [-0.15, -0.1) is 0 Å². The zero-order valence-electron chi connectivity index (χ0n) is 14.1. The fourth-order valence-electron chi connectivity index (χ4n) is 2.80. The molecule has 0 saturated carbocycles. The van der Waals surface area contributed by atoms with Gasteiger partial charge in [0.2, 0.25) is 0 Å². The monoisotopic (exact) mass is 369 g/mol. The van der Waals surface area contributed by atoms with Crippen molar-refractivity contribution in [1.82, 2.24) is 0 Å². The maximum absolute atomic E-state index is 12.1. The normalized spacial score (nSPS) is 18.2. The van der Waals surface area contributed by atoms with Crippen LogP contribution in [-0.2, 0) is 9.47 Å². The lowest BCUT2D eigenvalue weighted by Crippen LogP contribution is -2.25. The van der Waals surface area contributed by atoms with Crippen molar-refractivity contribution < 1.29 is 31.9 Å². The summed E-state index contributed by atoms with van der Waals surface area (Å²) in [5, 5.41) is 0.729. The number of benzene rings is 1. The summed E-state index contributed by atoms with van der Waals surface area (Å²) in [7, 11) is 1.54. The number of amides is 1. The average molecular weight is 369 g/mol. The van der Waals surface area contributed by atoms with Crippen molar-refractivity contribution in [3.8, 4) is 0 Å². The first-order chi connectivity index (χ1) is 12.4. The van der Waals surface area contributed by atoms with E-state index in [2.05, 4.69) is 0 Å². The van der Waals surface area contributed by atoms with Gasteiger partial charge in [-0.3, -0.25) is 4.90 Å². The molecule has 26 heavy (non-hydrogen) atoms. The maximum Gasteiger partial charge on any atom is 0.414 e. The Kier molecular flexibility index (Phi) is 5.22. The molecule has 0 N–H and O–H groups in total. The lowest BCUT2D eigenvalue weighted by molar-refractivity contribution is -0.133. The number of ether oxygens (including phenoxy) is 2. The molecule has 1 amide bonds. The molecule has 0 bridgehead atoms. The van der Waals surface area contributed by atoms with Crippen molar-refractivity contribution >= 4 is 28.8 Å². The Labute approximate surface area is 148 Å². The zero-order valence-corrected chi connectivity index (χ0v) is 14.1. The Morgan fingerprint density at radius 3 is 2.92 bits per heavy atom. The number of alkyl halides is 3. The highest BCUT2D eigenvalue weighted by Crippen LogP contribution is 2.33. The summed E-state index contributed by atoms with van der Waals surface area (Å²) in [6.07, 6.45) is -1.33. The number of carbonyl (C=O) groups is 1. The molecular formula is C18H18F3NO4. The van der Waals surface area contributed by atoms with Gasteiger partial charge < -0.3 is 13.9 Å². The van der Waals surface area contributed by atoms with Gasteiger partial charge in [-0.1, -0.05) is 18.2 Å². The van der Waals surface area contributed by atoms with Crippen LogP contribution in [0.25, 0.3) is 17.0 Å². The van der Waals surface area contributed by atoms with Gasteiger partial charge in [-0.25, -0.2) is 4.79 Å². The summed E-state index contributed by atoms with van der Waals surface area (Å²) in [5.74, 6) is 0. The van der Waals surface area contributed by atoms with E-state index in [1.807, 2.05) is 0 Å². The molecule has 140 valence electrons. The van der Waals surface area contributed by atoms with Crippen LogP contribution < -0.4 is 4.90 Å². The molecule has 2 heterocycles. The van der Waals surface area contributed by atoms with E-state index >= 15 is 0 Å². The van der Waals surface area contributed by atoms with Crippen molar-refractivity contribution in [2.75, 3.05) is 25.2 Å². The van der Waals surface area contributed by atoms with Crippen LogP contribution in [0.4, 0.5) is 23.7 Å². The summed E-state index contributed by atoms with van der Waals surface area (Å²) >= 11 is 0. The third kappa shape index (κ3) is 4.19. The number of hydrogen-bond acceptors (Lipinski definition) is 4. The minimum absolute atomic E-state index is 0.0779. The number of rotatable bonds is 6. The predicted octanol–water partition coefficient (Wildman–Crippen LogP) is 4.76. The number of hydrogen-bond donors (Lipinski definition) is 0. The Morgan fingerprint density at radius 2 is 2.19 bits per heavy atom. The highest BCUT2D eigenvalue weighted by molar-refractivity contribution is 6.01. The highest BCUT2D eigenvalue weighted by atomic mass is 19.4. The lowest BCUT2D eigenvalue weighted by atomic mass is 10.1. The van der Waals surface area contributed by atoms with Gasteiger partial charge in [0.25, 0.3) is 0 Å². The molecule has 1 atom stereocenters. The molecular weight excluding hydrogens is 351 g/mol. The Hall–Kier alpha value is -2.48. The Morgan fingerprint density at radius 1 is 1.38 bits per heavy atom. The number of methoxy groups -OCH3 is 1. The van der Waals surface area contributed by atoms with Crippen molar-refractivity contribution in [3.63, 3.8) is 0 Å². The largest absolute Gasteiger partial charge is 0.462 e. The predicted molar refractivity (Wildman–Crippen MR) is 90.0 cm³/mol. The van der Waals surface area contributed by atoms with E-state index in [1.165, 1.54) is 24.3 Å². The molecule has 5 nitrogen and oxygen atoms in total. The van der Waals surface area contributed by atoms with Gasteiger partial charge in [-0.2, -0.15) is 13.2 Å². The van der Waals surface area contributed by atoms with Crippen LogP contribution in [0, 0.1) is 0 Å². The molecule has 0 spiro atoms. The molecule has 2 aromatic rings. The fraction of sp³-hybridized carbons (Fsp3) is 0.389. The van der Waals surface area contributed by atoms with Crippen molar-refractivity contribution in [1.29, 1.82) is 0 Å². The fourth-order valence-corrected chi connectivity index (χ4v) is 2.80. The summed E-state index contributed by atoms with van der Waals surface area (Å²) in [6, 6.07) is 5.25. The minimum Gasteiger partial charge on any atom is -0.462 e. The molecule has 1 aliphatic heterocycles. The number of carbonyl (C=O) groups excluding carboxylic acids is 1. The molecule has 0 radical (unpaired) electrons. The first-order valence-corrected chi connectivity index (χ1v) is 8.09. The van der Waals surface area contributed by atoms with Crippen LogP contribution in [0.1, 0.15) is 18.4 Å². The van der Waals surface area contributed by atoms with Crippen molar-refractivity contribution in [2.45, 2.75) is 25.1 Å². The molecule has 1 fully saturated rings. The third-order valence-corrected chi connectivity index (χ3v) is 4.00. The SMILES string of the molecule is COCC1CN(c2coc3cc(C=CCCC(F)(F)F)ccc23)C(=O)O1. The molecule has 1 saturated heterocycles. The molecule has 1 aromatic heterocycles. The van der Waals surface area contributed by atoms with Crippen LogP contribution in [0.3, 0.4) is 0 Å². The van der Waals surface area contributed by atoms with Gasteiger partial charge in [0.05, 0.1) is 18.8 Å². The van der Waals surface area contributed by atoms with E-state index in [0.717, 1.165) is 10.9 Å². The summed E-state index contributed by atoms with van der Waals surface area (Å²) in [6.45, 7) is 0.672. The van der Waals surface area contributed by atoms with Crippen molar-refractivity contribution in [3.05, 3.63) is 36.1 Å². The van der Waals surface area contributed by atoms with Crippen molar-refractivity contribution in [2.24, 2.45) is 0 Å². The van der Waals surface area contributed by atoms with E-state index in [9.17, 15) is 18.0 Å². The van der Waals surface area contributed by atoms with Gasteiger partial charge in [0.1, 0.15) is 18.0 Å². The Bertz CT molecular complexity index is 812. The number of halogens is 3. The number of anilines is 1. The van der Waals surface area contributed by atoms with Crippen LogP contribution in [0.5, 0.6) is 0 Å². The third-order valence-electron chi connectivity index (χ3n) is 4.00. The molecule has 0 aliphatic carbocycles. The number of fused-ring (bicyclic) bond motifs is 1. The summed E-state index contributed by atoms with van der Waals surface area (Å²) < 4.78 is 52.2. The first-order valence-electron chi connectivity index (χ1n) is 8.09. The topological polar surface area (TPSA) is 51.9 Å². The molecule has 1 unspecified atom stereocenters. The Balaban J connectivity index is 1.73. The van der Waals surface area contributed by atoms with Crippen LogP contribution >= 0.6 is 0 Å². The highest BCUT2D eigenvalue weighted by Gasteiger charge is 2.34. The standard InChI is InChI=1S/C18H18F3NO4/c1-24-10-13-9-22(17(23)26-13)15-11-25-16-8-12(5-6-14(15)16)4-2-3-7-18(19,20)21/h2,4-6,8,11,13H,3,7,9-10H2,1H3. The second-order valence-corrected chi connectivity index (χ2v) is 6.00. The first kappa shape index (κ1) is 18.3. The summed E-state index contributed by atoms with van der Waals surface area (Å²) in [4.78, 5) is 13.5. The number of nitrogens with zero attached hydrogens (tertiary/aromatic N) is 1.